The van der Waals surface area contributed by atoms with E-state index in [4.69, 9.17) is 34.5 Å². The van der Waals surface area contributed by atoms with Gasteiger partial charge >= 0.3 is 19.4 Å². The molecule has 0 fully saturated rings. The molecule has 26 nitrogen and oxygen atoms in total. The number of benzene rings is 5. The SMILES string of the molecule is CCc1nn2ccc(F)cc2c1-c1nc(N)c(F)c(Nc2ccc(C(F)(F)F)cc2)n1.CCc1nn2ccc(F)cc2c1-c1nc(N)c(F)c(Nc2ccc(OC(F)F)c(F)c2)n1.CCc1nn2ccc(F)cc2c1-c1nc(N)c(F)c(Nc2ccc(OC(F)F)cc2)n1.Cc1nc2ccc(F)cc2n1-c1nc(N)c(F)c(Nc2ccc(Cl)cc2)n1. The van der Waals surface area contributed by atoms with Gasteiger partial charge in [-0.1, -0.05) is 32.4 Å². The summed E-state index contributed by atoms with van der Waals surface area (Å²) in [6, 6.07) is 30.7. The van der Waals surface area contributed by atoms with Crippen molar-refractivity contribution in [2.24, 2.45) is 0 Å². The summed E-state index contributed by atoms with van der Waals surface area (Å²) in [6.45, 7) is 1.07. The lowest BCUT2D eigenvalue weighted by molar-refractivity contribution is -0.137. The number of ether oxygens (including phenoxy) is 2. The highest BCUT2D eigenvalue weighted by atomic mass is 35.5. The van der Waals surface area contributed by atoms with E-state index in [2.05, 4.69) is 90.9 Å². The number of anilines is 12. The minimum absolute atomic E-state index is 0.00533. The molecule has 0 aliphatic carbocycles. The molecule has 5 aromatic carbocycles. The third-order valence-electron chi connectivity index (χ3n) is 17.5. The summed E-state index contributed by atoms with van der Waals surface area (Å²) in [5, 5.41) is 24.4. The Morgan fingerprint density at radius 1 is 0.405 bits per heavy atom. The van der Waals surface area contributed by atoms with Gasteiger partial charge in [-0.2, -0.15) is 73.6 Å². The number of fused-ring (bicyclic) bond motifs is 4. The summed E-state index contributed by atoms with van der Waals surface area (Å²) in [7, 11) is 0. The van der Waals surface area contributed by atoms with Gasteiger partial charge in [0.25, 0.3) is 0 Å². The van der Waals surface area contributed by atoms with Crippen molar-refractivity contribution >= 4 is 108 Å². The standard InChI is InChI=1S/C20H15F5N6O.C20H15F5N6.C20H16F4N6O.C18H13ClF2N6/c1-2-12-15(13-7-9(21)5-6-31(13)30-12)18-28-17(26)16(23)19(29-18)27-10-3-4-14(11(22)8-10)32-20(24)25;1-2-13-15(14-9-11(21)7-8-31(14)30-13)18-28-17(26)16(22)19(29-18)27-12-5-3-10(4-6-12)20(23,24)25;1-2-13-15(14-9-10(21)7-8-30(14)29-13)18-27-17(25)16(22)19(28-18)26-11-3-5-12(6-4-11)31-20(23)24;1-9-23-13-7-4-11(20)8-14(13)27(9)18-25-16(22)15(21)17(26-18)24-12-5-2-10(19)3-6-12/h3-8,20H,2H2,1H3,(H3,26,27,28,29);3-9H,2H2,1H3,(H3,26,27,28,29);3-9,20H,2H2,1H3,(H3,25,26,27,28);2-8H,1H3,(H3,22,24,25,26). The molecule has 16 aromatic rings. The van der Waals surface area contributed by atoms with Crippen LogP contribution in [0.5, 0.6) is 11.5 Å². The number of nitrogens with two attached hydrogens (primary N) is 4. The Hall–Kier alpha value is -14.9. The van der Waals surface area contributed by atoms with E-state index >= 15 is 0 Å². The predicted molar refractivity (Wildman–Crippen MR) is 418 cm³/mol. The molecule has 0 aliphatic rings. The van der Waals surface area contributed by atoms with Crippen LogP contribution >= 0.6 is 11.6 Å². The average Bonchev–Trinajstić information content (AvgIpc) is 1.65. The van der Waals surface area contributed by atoms with Gasteiger partial charge in [0.2, 0.25) is 29.2 Å². The van der Waals surface area contributed by atoms with Crippen LogP contribution in [0.1, 0.15) is 49.2 Å². The quantitative estimate of drug-likeness (QED) is 0.0349. The zero-order valence-corrected chi connectivity index (χ0v) is 63.3. The second kappa shape index (κ2) is 35.1. The molecule has 0 atom stereocenters. The van der Waals surface area contributed by atoms with Gasteiger partial charge in [-0.25, -0.2) is 70.4 Å². The van der Waals surface area contributed by atoms with E-state index in [1.165, 1.54) is 116 Å². The maximum Gasteiger partial charge on any atom is 0.416 e. The van der Waals surface area contributed by atoms with Gasteiger partial charge in [-0.15, -0.1) is 0 Å². The smallest absolute Gasteiger partial charge is 0.416 e. The number of rotatable bonds is 19. The number of imidazole rings is 1. The zero-order chi connectivity index (χ0) is 86.6. The second-order valence-electron chi connectivity index (χ2n) is 25.5. The fourth-order valence-electron chi connectivity index (χ4n) is 12.0. The van der Waals surface area contributed by atoms with E-state index in [-0.39, 0.29) is 63.8 Å². The number of hydrogen-bond acceptors (Lipinski definition) is 22. The van der Waals surface area contributed by atoms with Crippen LogP contribution in [0.15, 0.2) is 164 Å². The van der Waals surface area contributed by atoms with E-state index in [1.807, 2.05) is 20.8 Å². The van der Waals surface area contributed by atoms with Crippen molar-refractivity contribution < 1.29 is 79.7 Å². The number of hydrogen-bond donors (Lipinski definition) is 8. The molecule has 121 heavy (non-hydrogen) atoms. The summed E-state index contributed by atoms with van der Waals surface area (Å²) < 4.78 is 229. The van der Waals surface area contributed by atoms with Crippen molar-refractivity contribution in [2.45, 2.75) is 66.4 Å². The van der Waals surface area contributed by atoms with Gasteiger partial charge in [-0.05, 0) is 141 Å². The number of pyridine rings is 3. The van der Waals surface area contributed by atoms with Gasteiger partial charge in [0.15, 0.2) is 75.6 Å². The van der Waals surface area contributed by atoms with E-state index in [9.17, 15) is 70.2 Å². The first-order valence-corrected chi connectivity index (χ1v) is 35.9. The summed E-state index contributed by atoms with van der Waals surface area (Å²) in [4.78, 5) is 37.1. The van der Waals surface area contributed by atoms with E-state index < -0.39 is 106 Å². The monoisotopic (exact) mass is 1700 g/mol. The lowest BCUT2D eigenvalue weighted by Crippen LogP contribution is -2.10. The Kier molecular flexibility index (Phi) is 24.4. The predicted octanol–water partition coefficient (Wildman–Crippen LogP) is 18.6. The van der Waals surface area contributed by atoms with Crippen LogP contribution in [0.4, 0.5) is 140 Å². The highest BCUT2D eigenvalue weighted by molar-refractivity contribution is 6.30. The van der Waals surface area contributed by atoms with Crippen LogP contribution in [0.3, 0.4) is 0 Å². The number of nitrogen functional groups attached to an aromatic ring is 4. The molecule has 43 heteroatoms. The average molecular weight is 1700 g/mol. The maximum absolute atomic E-state index is 14.6. The third-order valence-corrected chi connectivity index (χ3v) is 17.8. The number of aryl methyl sites for hydroxylation is 4. The fourth-order valence-corrected chi connectivity index (χ4v) is 12.2. The molecule has 0 unspecified atom stereocenters. The topological polar surface area (TPSA) is 343 Å². The van der Waals surface area contributed by atoms with Crippen LogP contribution < -0.4 is 53.7 Å². The molecule has 0 spiro atoms. The number of nitrogens with one attached hydrogen (secondary N) is 4. The molecule has 0 saturated heterocycles. The number of nitrogens with zero attached hydrogens (tertiary/aromatic N) is 16. The van der Waals surface area contributed by atoms with E-state index in [0.717, 1.165) is 36.4 Å². The Bertz CT molecular complexity index is 6540. The molecule has 0 bridgehead atoms. The van der Waals surface area contributed by atoms with E-state index in [0.29, 0.717) is 103 Å². The van der Waals surface area contributed by atoms with Gasteiger partial charge in [0.05, 0.1) is 66.9 Å². The summed E-state index contributed by atoms with van der Waals surface area (Å²) in [5.41, 5.74) is 28.1. The number of alkyl halides is 7. The molecule has 622 valence electrons. The van der Waals surface area contributed by atoms with Crippen molar-refractivity contribution in [3.8, 4) is 51.6 Å². The molecule has 0 saturated carbocycles. The summed E-state index contributed by atoms with van der Waals surface area (Å²) in [5.74, 6) is -9.58. The molecule has 0 amide bonds. The van der Waals surface area contributed by atoms with Crippen molar-refractivity contribution in [3.63, 3.8) is 0 Å². The van der Waals surface area contributed by atoms with Crippen LogP contribution in [-0.4, -0.2) is 91.5 Å². The van der Waals surface area contributed by atoms with Crippen molar-refractivity contribution in [3.05, 3.63) is 250 Å². The van der Waals surface area contributed by atoms with Crippen molar-refractivity contribution in [1.82, 2.24) is 78.3 Å². The van der Waals surface area contributed by atoms with Crippen LogP contribution in [-0.2, 0) is 25.4 Å². The minimum Gasteiger partial charge on any atom is -0.435 e. The van der Waals surface area contributed by atoms with Gasteiger partial charge in [0.1, 0.15) is 34.8 Å². The molecule has 11 aromatic heterocycles. The van der Waals surface area contributed by atoms with Crippen molar-refractivity contribution in [2.75, 3.05) is 44.2 Å². The highest BCUT2D eigenvalue weighted by Gasteiger charge is 2.31. The molecular formula is C78H59ClF16N24O2. The van der Waals surface area contributed by atoms with Crippen LogP contribution in [0, 0.1) is 59.3 Å². The third kappa shape index (κ3) is 18.8. The molecule has 0 radical (unpaired) electrons. The van der Waals surface area contributed by atoms with Crippen molar-refractivity contribution in [1.29, 1.82) is 0 Å². The summed E-state index contributed by atoms with van der Waals surface area (Å²) in [6.07, 6.45) is 1.22. The fraction of sp³-hybridized carbons (Fsp3) is 0.128. The molecular weight excluding hydrogens is 1640 g/mol. The first-order chi connectivity index (χ1) is 57.7. The lowest BCUT2D eigenvalue weighted by atomic mass is 10.1. The van der Waals surface area contributed by atoms with Crippen LogP contribution in [0.25, 0.3) is 67.7 Å². The lowest BCUT2D eigenvalue weighted by Gasteiger charge is -2.12. The van der Waals surface area contributed by atoms with Crippen LogP contribution in [0.2, 0.25) is 5.02 Å². The molecule has 12 N–H and O–H groups in total. The number of halogens is 17. The van der Waals surface area contributed by atoms with Gasteiger partial charge in [-0.3, -0.25) is 4.57 Å². The molecule has 0 aliphatic heterocycles. The number of aromatic nitrogens is 16. The first kappa shape index (κ1) is 84.1. The Morgan fingerprint density at radius 2 is 0.769 bits per heavy atom. The second-order valence-corrected chi connectivity index (χ2v) is 26.0. The maximum atomic E-state index is 14.6. The highest BCUT2D eigenvalue weighted by Crippen LogP contribution is 2.38. The largest absolute Gasteiger partial charge is 0.435 e. The molecule has 16 rings (SSSR count). The van der Waals surface area contributed by atoms with E-state index in [1.54, 1.807) is 37.3 Å². The Labute approximate surface area is 675 Å². The summed E-state index contributed by atoms with van der Waals surface area (Å²) >= 11 is 5.86. The Morgan fingerprint density at radius 3 is 1.17 bits per heavy atom. The normalized spacial score (nSPS) is 11.4. The molecule has 11 heterocycles. The Balaban J connectivity index is 0.000000139. The first-order valence-electron chi connectivity index (χ1n) is 35.5. The van der Waals surface area contributed by atoms with Gasteiger partial charge < -0.3 is 53.7 Å². The zero-order valence-electron chi connectivity index (χ0n) is 62.6. The minimum atomic E-state index is -4.49. The van der Waals surface area contributed by atoms with Gasteiger partial charge in [0, 0.05) is 76.7 Å².